The topological polar surface area (TPSA) is 108 Å². The molecule has 1 aliphatic carbocycles. The number of anilines is 1. The van der Waals surface area contributed by atoms with E-state index in [1.54, 1.807) is 7.05 Å². The number of nitrogens with one attached hydrogen (secondary N) is 1. The Hall–Kier alpha value is -4.46. The summed E-state index contributed by atoms with van der Waals surface area (Å²) in [5.41, 5.74) is 9.99. The average molecular weight is 493 g/mol. The van der Waals surface area contributed by atoms with Gasteiger partial charge in [0.1, 0.15) is 23.5 Å². The largest absolute Gasteiger partial charge is 0.439 e. The Balaban J connectivity index is 1.37. The fourth-order valence-electron chi connectivity index (χ4n) is 5.36. The first-order chi connectivity index (χ1) is 18.1. The third-order valence-corrected chi connectivity index (χ3v) is 7.29. The predicted octanol–water partition coefficient (Wildman–Crippen LogP) is 5.50. The first-order valence-corrected chi connectivity index (χ1v) is 12.6. The maximum atomic E-state index is 12.1. The van der Waals surface area contributed by atoms with Gasteiger partial charge in [-0.2, -0.15) is 0 Å². The summed E-state index contributed by atoms with van der Waals surface area (Å²) in [5, 5.41) is 4.64. The standard InChI is InChI=1S/C29H28N6O2/c1-31-29(36)19-9-12-21(13-10-19)35-16-23(26-27(30)32-17-33-28(26)35)20-8-7-18-11-14-25(34-24(18)15-20)37-22-5-3-2-4-6-22/h2-8,11,14-17,19,21H,9-10,12-13H2,1H3,(H,31,36)(H2,30,32,33). The van der Waals surface area contributed by atoms with Crippen molar-refractivity contribution < 1.29 is 9.53 Å². The van der Waals surface area contributed by atoms with Gasteiger partial charge in [-0.3, -0.25) is 4.79 Å². The molecule has 0 unspecified atom stereocenters. The van der Waals surface area contributed by atoms with Crippen LogP contribution >= 0.6 is 0 Å². The summed E-state index contributed by atoms with van der Waals surface area (Å²) in [5.74, 6) is 1.93. The van der Waals surface area contributed by atoms with Gasteiger partial charge in [0.05, 0.1) is 10.9 Å². The summed E-state index contributed by atoms with van der Waals surface area (Å²) >= 11 is 0. The molecule has 3 N–H and O–H groups in total. The van der Waals surface area contributed by atoms with E-state index in [2.05, 4.69) is 44.2 Å². The SMILES string of the molecule is CNC(=O)C1CCC(n2cc(-c3ccc4ccc(Oc5ccccc5)nc4c3)c3c(N)ncnc32)CC1. The minimum atomic E-state index is 0.0705. The molecule has 3 heterocycles. The van der Waals surface area contributed by atoms with Crippen LogP contribution < -0.4 is 15.8 Å². The van der Waals surface area contributed by atoms with Crippen LogP contribution in [0.1, 0.15) is 31.7 Å². The first kappa shape index (κ1) is 23.0. The van der Waals surface area contributed by atoms with E-state index in [0.29, 0.717) is 11.7 Å². The lowest BCUT2D eigenvalue weighted by Gasteiger charge is -2.28. The third kappa shape index (κ3) is 4.35. The highest BCUT2D eigenvalue weighted by atomic mass is 16.5. The fourth-order valence-corrected chi connectivity index (χ4v) is 5.36. The number of nitrogen functional groups attached to an aromatic ring is 1. The molecule has 0 saturated heterocycles. The van der Waals surface area contributed by atoms with Crippen molar-refractivity contribution in [3.63, 3.8) is 0 Å². The van der Waals surface area contributed by atoms with Crippen molar-refractivity contribution in [3.8, 4) is 22.8 Å². The molecule has 2 aromatic carbocycles. The predicted molar refractivity (Wildman–Crippen MR) is 144 cm³/mol. The molecule has 3 aromatic heterocycles. The number of carbonyl (C=O) groups excluding carboxylic acids is 1. The molecule has 8 heteroatoms. The Morgan fingerprint density at radius 1 is 1.03 bits per heavy atom. The van der Waals surface area contributed by atoms with Crippen LogP contribution in [0.25, 0.3) is 33.1 Å². The monoisotopic (exact) mass is 492 g/mol. The molecule has 0 atom stereocenters. The summed E-state index contributed by atoms with van der Waals surface area (Å²) in [6, 6.07) is 20.0. The molecule has 1 saturated carbocycles. The summed E-state index contributed by atoms with van der Waals surface area (Å²) in [4.78, 5) is 25.8. The van der Waals surface area contributed by atoms with E-state index in [0.717, 1.165) is 64.5 Å². The number of amides is 1. The highest BCUT2D eigenvalue weighted by Crippen LogP contribution is 2.40. The number of nitrogens with zero attached hydrogens (tertiary/aromatic N) is 4. The number of hydrogen-bond acceptors (Lipinski definition) is 6. The van der Waals surface area contributed by atoms with Gasteiger partial charge in [-0.25, -0.2) is 15.0 Å². The molecule has 5 aromatic rings. The summed E-state index contributed by atoms with van der Waals surface area (Å²) in [7, 11) is 1.70. The van der Waals surface area contributed by atoms with Crippen LogP contribution in [0.3, 0.4) is 0 Å². The number of benzene rings is 2. The van der Waals surface area contributed by atoms with Crippen molar-refractivity contribution in [2.75, 3.05) is 12.8 Å². The Labute approximate surface area is 214 Å². The Kier molecular flexibility index (Phi) is 5.92. The molecule has 0 spiro atoms. The molecule has 186 valence electrons. The first-order valence-electron chi connectivity index (χ1n) is 12.6. The third-order valence-electron chi connectivity index (χ3n) is 7.29. The van der Waals surface area contributed by atoms with Crippen molar-refractivity contribution in [3.05, 3.63) is 73.2 Å². The van der Waals surface area contributed by atoms with E-state index >= 15 is 0 Å². The minimum Gasteiger partial charge on any atom is -0.439 e. The smallest absolute Gasteiger partial charge is 0.222 e. The zero-order chi connectivity index (χ0) is 25.4. The maximum Gasteiger partial charge on any atom is 0.222 e. The van der Waals surface area contributed by atoms with Crippen LogP contribution in [-0.2, 0) is 4.79 Å². The Morgan fingerprint density at radius 2 is 1.81 bits per heavy atom. The quantitative estimate of drug-likeness (QED) is 0.335. The van der Waals surface area contributed by atoms with Crippen LogP contribution in [0.4, 0.5) is 5.82 Å². The molecule has 37 heavy (non-hydrogen) atoms. The molecule has 1 fully saturated rings. The average Bonchev–Trinajstić information content (AvgIpc) is 3.34. The molecular weight excluding hydrogens is 464 g/mol. The second-order valence-electron chi connectivity index (χ2n) is 9.50. The van der Waals surface area contributed by atoms with Gasteiger partial charge in [0.15, 0.2) is 0 Å². The summed E-state index contributed by atoms with van der Waals surface area (Å²) < 4.78 is 8.17. The van der Waals surface area contributed by atoms with E-state index in [1.165, 1.54) is 6.33 Å². The van der Waals surface area contributed by atoms with Gasteiger partial charge in [-0.15, -0.1) is 0 Å². The van der Waals surface area contributed by atoms with Crippen molar-refractivity contribution >= 4 is 33.7 Å². The number of rotatable bonds is 5. The molecule has 0 bridgehead atoms. The van der Waals surface area contributed by atoms with Gasteiger partial charge in [0.2, 0.25) is 11.8 Å². The van der Waals surface area contributed by atoms with Crippen LogP contribution in [0.5, 0.6) is 11.6 Å². The zero-order valence-corrected chi connectivity index (χ0v) is 20.6. The zero-order valence-electron chi connectivity index (χ0n) is 20.6. The van der Waals surface area contributed by atoms with Crippen LogP contribution in [0.15, 0.2) is 73.2 Å². The van der Waals surface area contributed by atoms with Crippen molar-refractivity contribution in [2.24, 2.45) is 5.92 Å². The Morgan fingerprint density at radius 3 is 2.59 bits per heavy atom. The number of aromatic nitrogens is 4. The van der Waals surface area contributed by atoms with Crippen LogP contribution in [-0.4, -0.2) is 32.5 Å². The summed E-state index contributed by atoms with van der Waals surface area (Å²) in [6.07, 6.45) is 7.17. The van der Waals surface area contributed by atoms with E-state index in [1.807, 2.05) is 42.5 Å². The highest BCUT2D eigenvalue weighted by Gasteiger charge is 2.28. The van der Waals surface area contributed by atoms with Gasteiger partial charge in [0.25, 0.3) is 0 Å². The molecule has 8 nitrogen and oxygen atoms in total. The van der Waals surface area contributed by atoms with E-state index in [4.69, 9.17) is 15.5 Å². The minimum absolute atomic E-state index is 0.0705. The van der Waals surface area contributed by atoms with Gasteiger partial charge in [0, 0.05) is 42.2 Å². The van der Waals surface area contributed by atoms with Crippen molar-refractivity contribution in [2.45, 2.75) is 31.7 Å². The second-order valence-corrected chi connectivity index (χ2v) is 9.50. The molecule has 0 radical (unpaired) electrons. The van der Waals surface area contributed by atoms with Crippen molar-refractivity contribution in [1.29, 1.82) is 0 Å². The van der Waals surface area contributed by atoms with E-state index in [9.17, 15) is 4.79 Å². The van der Waals surface area contributed by atoms with Gasteiger partial charge in [-0.1, -0.05) is 30.3 Å². The maximum absolute atomic E-state index is 12.1. The van der Waals surface area contributed by atoms with E-state index in [-0.39, 0.29) is 17.9 Å². The summed E-state index contributed by atoms with van der Waals surface area (Å²) in [6.45, 7) is 0. The fraction of sp³-hybridized carbons (Fsp3) is 0.241. The molecule has 0 aliphatic heterocycles. The van der Waals surface area contributed by atoms with Gasteiger partial charge in [-0.05, 0) is 55.5 Å². The Bertz CT molecular complexity index is 1590. The number of carbonyl (C=O) groups is 1. The normalized spacial score (nSPS) is 17.6. The lowest BCUT2D eigenvalue weighted by atomic mass is 9.85. The van der Waals surface area contributed by atoms with Crippen molar-refractivity contribution in [1.82, 2.24) is 24.8 Å². The van der Waals surface area contributed by atoms with E-state index < -0.39 is 0 Å². The van der Waals surface area contributed by atoms with Gasteiger partial charge >= 0.3 is 0 Å². The molecule has 1 amide bonds. The van der Waals surface area contributed by atoms with Crippen LogP contribution in [0.2, 0.25) is 0 Å². The molecule has 6 rings (SSSR count). The highest BCUT2D eigenvalue weighted by molar-refractivity contribution is 6.02. The van der Waals surface area contributed by atoms with Gasteiger partial charge < -0.3 is 20.4 Å². The van der Waals surface area contributed by atoms with Crippen LogP contribution in [0, 0.1) is 5.92 Å². The number of para-hydroxylation sites is 1. The lowest BCUT2D eigenvalue weighted by Crippen LogP contribution is -2.31. The molecule has 1 aliphatic rings. The number of pyridine rings is 1. The second kappa shape index (κ2) is 9.54. The number of hydrogen-bond donors (Lipinski definition) is 2. The lowest BCUT2D eigenvalue weighted by molar-refractivity contribution is -0.125. The number of ether oxygens (including phenoxy) is 1. The molecular formula is C29H28N6O2. The number of nitrogens with two attached hydrogens (primary N) is 1. The number of fused-ring (bicyclic) bond motifs is 2.